The quantitative estimate of drug-likeness (QED) is 0.875. The molecule has 0 radical (unpaired) electrons. The normalized spacial score (nSPS) is 16.3. The number of ether oxygens (including phenoxy) is 1. The van der Waals surface area contributed by atoms with Gasteiger partial charge in [-0.3, -0.25) is 14.9 Å². The van der Waals surface area contributed by atoms with Crippen LogP contribution in [0, 0.1) is 0 Å². The summed E-state index contributed by atoms with van der Waals surface area (Å²) in [6.07, 6.45) is 1.69. The number of thioether (sulfide) groups is 1. The lowest BCUT2D eigenvalue weighted by atomic mass is 10.2. The Balaban J connectivity index is 1.65. The molecule has 1 aromatic heterocycles. The number of benzene rings is 1. The molecule has 0 bridgehead atoms. The number of amides is 2. The number of imide groups is 1. The lowest BCUT2D eigenvalue weighted by Gasteiger charge is -2.05. The Kier molecular flexibility index (Phi) is 4.08. The van der Waals surface area contributed by atoms with Gasteiger partial charge in [0.05, 0.1) is 4.91 Å². The van der Waals surface area contributed by atoms with Crippen molar-refractivity contribution in [2.45, 2.75) is 6.61 Å². The number of rotatable bonds is 4. The molecule has 0 spiro atoms. The molecule has 1 N–H and O–H groups in total. The van der Waals surface area contributed by atoms with Gasteiger partial charge in [-0.25, -0.2) is 0 Å². The van der Waals surface area contributed by atoms with Crippen LogP contribution in [-0.2, 0) is 11.4 Å². The molecule has 1 aromatic carbocycles. The van der Waals surface area contributed by atoms with Crippen LogP contribution in [0.2, 0.25) is 0 Å². The zero-order valence-electron chi connectivity index (χ0n) is 10.9. The molecule has 0 atom stereocenters. The van der Waals surface area contributed by atoms with E-state index < -0.39 is 0 Å². The largest absolute Gasteiger partial charge is 0.489 e. The summed E-state index contributed by atoms with van der Waals surface area (Å²) in [5, 5.41) is 5.96. The Hall–Kier alpha value is -2.05. The highest BCUT2D eigenvalue weighted by Gasteiger charge is 2.24. The highest BCUT2D eigenvalue weighted by Crippen LogP contribution is 2.26. The molecule has 0 unspecified atom stereocenters. The van der Waals surface area contributed by atoms with Gasteiger partial charge in [-0.05, 0) is 57.9 Å². The maximum atomic E-state index is 11.4. The molecule has 2 amide bonds. The van der Waals surface area contributed by atoms with Gasteiger partial charge in [0.1, 0.15) is 12.4 Å². The maximum Gasteiger partial charge on any atom is 0.290 e. The van der Waals surface area contributed by atoms with Gasteiger partial charge in [0.15, 0.2) is 0 Å². The Morgan fingerprint density at radius 1 is 1.14 bits per heavy atom. The van der Waals surface area contributed by atoms with Crippen LogP contribution < -0.4 is 10.1 Å². The van der Waals surface area contributed by atoms with Crippen molar-refractivity contribution in [2.75, 3.05) is 0 Å². The minimum Gasteiger partial charge on any atom is -0.489 e. The Labute approximate surface area is 129 Å². The molecule has 4 nitrogen and oxygen atoms in total. The summed E-state index contributed by atoms with van der Waals surface area (Å²) in [7, 11) is 0. The van der Waals surface area contributed by atoms with E-state index in [1.165, 1.54) is 0 Å². The van der Waals surface area contributed by atoms with Crippen LogP contribution in [0.15, 0.2) is 46.0 Å². The third-order valence-corrected chi connectivity index (χ3v) is 4.35. The number of hydrogen-bond acceptors (Lipinski definition) is 5. The number of nitrogens with one attached hydrogen (secondary N) is 1. The van der Waals surface area contributed by atoms with Gasteiger partial charge < -0.3 is 4.74 Å². The van der Waals surface area contributed by atoms with Gasteiger partial charge in [0.25, 0.3) is 11.1 Å². The zero-order valence-corrected chi connectivity index (χ0v) is 12.5. The number of carbonyl (C=O) groups excluding carboxylic acids is 2. The first-order chi connectivity index (χ1) is 10.2. The van der Waals surface area contributed by atoms with Crippen molar-refractivity contribution in [1.82, 2.24) is 5.32 Å². The van der Waals surface area contributed by atoms with Crippen LogP contribution >= 0.6 is 23.1 Å². The monoisotopic (exact) mass is 317 g/mol. The molecule has 0 aliphatic carbocycles. The van der Waals surface area contributed by atoms with Crippen LogP contribution in [0.3, 0.4) is 0 Å². The van der Waals surface area contributed by atoms with E-state index >= 15 is 0 Å². The molecule has 3 rings (SSSR count). The summed E-state index contributed by atoms with van der Waals surface area (Å²) < 4.78 is 5.66. The lowest BCUT2D eigenvalue weighted by Crippen LogP contribution is -2.17. The van der Waals surface area contributed by atoms with Gasteiger partial charge in [-0.15, -0.1) is 0 Å². The standard InChI is InChI=1S/C15H11NO3S2/c17-14-13(21-15(18)16-14)7-10-1-3-12(4-2-10)19-8-11-5-6-20-9-11/h1-7,9H,8H2,(H,16,17,18)/b13-7+. The third-order valence-electron chi connectivity index (χ3n) is 2.81. The second kappa shape index (κ2) is 6.15. The van der Waals surface area contributed by atoms with E-state index in [1.807, 2.05) is 41.1 Å². The smallest absolute Gasteiger partial charge is 0.290 e. The van der Waals surface area contributed by atoms with Crippen molar-refractivity contribution in [1.29, 1.82) is 0 Å². The second-order valence-corrected chi connectivity index (χ2v) is 6.14. The predicted octanol–water partition coefficient (Wildman–Crippen LogP) is 3.65. The molecular formula is C15H11NO3S2. The van der Waals surface area contributed by atoms with E-state index in [9.17, 15) is 9.59 Å². The van der Waals surface area contributed by atoms with Crippen molar-refractivity contribution in [3.8, 4) is 5.75 Å². The zero-order chi connectivity index (χ0) is 14.7. The molecule has 21 heavy (non-hydrogen) atoms. The van der Waals surface area contributed by atoms with Crippen molar-refractivity contribution in [2.24, 2.45) is 0 Å². The summed E-state index contributed by atoms with van der Waals surface area (Å²) in [6.45, 7) is 0.538. The van der Waals surface area contributed by atoms with Crippen molar-refractivity contribution in [3.05, 3.63) is 57.1 Å². The van der Waals surface area contributed by atoms with Crippen molar-refractivity contribution < 1.29 is 14.3 Å². The molecule has 1 aliphatic heterocycles. The van der Waals surface area contributed by atoms with Gasteiger partial charge in [0.2, 0.25) is 0 Å². The SMILES string of the molecule is O=C1NC(=O)/C(=C\c2ccc(OCc3ccsc3)cc2)S1. The first kappa shape index (κ1) is 13.9. The van der Waals surface area contributed by atoms with Gasteiger partial charge in [0, 0.05) is 0 Å². The Bertz CT molecular complexity index is 690. The fraction of sp³-hybridized carbons (Fsp3) is 0.0667. The van der Waals surface area contributed by atoms with Crippen LogP contribution in [0.25, 0.3) is 6.08 Å². The fourth-order valence-electron chi connectivity index (χ4n) is 1.77. The minimum absolute atomic E-state index is 0.332. The first-order valence-electron chi connectivity index (χ1n) is 6.19. The number of thiophene rings is 1. The van der Waals surface area contributed by atoms with Crippen LogP contribution in [-0.4, -0.2) is 11.1 Å². The molecule has 106 valence electrons. The second-order valence-electron chi connectivity index (χ2n) is 4.34. The maximum absolute atomic E-state index is 11.4. The molecule has 6 heteroatoms. The van der Waals surface area contributed by atoms with E-state index in [1.54, 1.807) is 17.4 Å². The highest BCUT2D eigenvalue weighted by atomic mass is 32.2. The molecule has 2 heterocycles. The summed E-state index contributed by atoms with van der Waals surface area (Å²) in [6, 6.07) is 9.42. The van der Waals surface area contributed by atoms with E-state index in [-0.39, 0.29) is 11.1 Å². The molecule has 1 aliphatic rings. The Morgan fingerprint density at radius 3 is 2.57 bits per heavy atom. The Morgan fingerprint density at radius 2 is 1.95 bits per heavy atom. The van der Waals surface area contributed by atoms with Gasteiger partial charge in [-0.1, -0.05) is 12.1 Å². The molecular weight excluding hydrogens is 306 g/mol. The van der Waals surface area contributed by atoms with E-state index in [4.69, 9.17) is 4.74 Å². The van der Waals surface area contributed by atoms with Gasteiger partial charge in [-0.2, -0.15) is 11.3 Å². The molecule has 2 aromatic rings. The average Bonchev–Trinajstić information content (AvgIpc) is 3.08. The lowest BCUT2D eigenvalue weighted by molar-refractivity contribution is -0.115. The van der Waals surface area contributed by atoms with Crippen LogP contribution in [0.1, 0.15) is 11.1 Å². The highest BCUT2D eigenvalue weighted by molar-refractivity contribution is 8.18. The minimum atomic E-state index is -0.345. The number of carbonyl (C=O) groups is 2. The van der Waals surface area contributed by atoms with Crippen molar-refractivity contribution in [3.63, 3.8) is 0 Å². The number of hydrogen-bond donors (Lipinski definition) is 1. The molecule has 0 saturated carbocycles. The average molecular weight is 317 g/mol. The summed E-state index contributed by atoms with van der Waals surface area (Å²) in [5.41, 5.74) is 1.99. The third kappa shape index (κ3) is 3.53. The topological polar surface area (TPSA) is 55.4 Å². The van der Waals surface area contributed by atoms with E-state index in [0.717, 1.165) is 28.6 Å². The van der Waals surface area contributed by atoms with Crippen LogP contribution in [0.4, 0.5) is 4.79 Å². The summed E-state index contributed by atoms with van der Waals surface area (Å²) >= 11 is 2.55. The summed E-state index contributed by atoms with van der Waals surface area (Å²) in [4.78, 5) is 22.9. The van der Waals surface area contributed by atoms with E-state index in [0.29, 0.717) is 11.5 Å². The molecule has 1 saturated heterocycles. The first-order valence-corrected chi connectivity index (χ1v) is 7.95. The fourth-order valence-corrected chi connectivity index (χ4v) is 3.11. The summed E-state index contributed by atoms with van der Waals surface area (Å²) in [5.74, 6) is 0.422. The molecule has 1 fully saturated rings. The van der Waals surface area contributed by atoms with E-state index in [2.05, 4.69) is 5.32 Å². The van der Waals surface area contributed by atoms with Gasteiger partial charge >= 0.3 is 0 Å². The predicted molar refractivity (Wildman–Crippen MR) is 84.2 cm³/mol. The van der Waals surface area contributed by atoms with Crippen molar-refractivity contribution >= 4 is 40.3 Å². The van der Waals surface area contributed by atoms with Crippen LogP contribution in [0.5, 0.6) is 5.75 Å².